The van der Waals surface area contributed by atoms with E-state index in [4.69, 9.17) is 11.5 Å². The van der Waals surface area contributed by atoms with Crippen LogP contribution in [0.3, 0.4) is 0 Å². The summed E-state index contributed by atoms with van der Waals surface area (Å²) in [6, 6.07) is 11.0. The van der Waals surface area contributed by atoms with Crippen LogP contribution in [0.4, 0.5) is 0 Å². The normalized spacial score (nSPS) is 20.6. The Morgan fingerprint density at radius 3 is 2.83 bits per heavy atom. The van der Waals surface area contributed by atoms with Crippen molar-refractivity contribution in [2.24, 2.45) is 16.5 Å². The first-order valence-corrected chi connectivity index (χ1v) is 7.32. The SMILES string of the molecule is NC(N)=NCC1CSCCN1Cc1ccccc1. The first kappa shape index (κ1) is 13.2. The van der Waals surface area contributed by atoms with Crippen molar-refractivity contribution in [1.29, 1.82) is 0 Å². The lowest BCUT2D eigenvalue weighted by Gasteiger charge is -2.34. The van der Waals surface area contributed by atoms with E-state index in [1.54, 1.807) is 0 Å². The molecule has 0 bridgehead atoms. The lowest BCUT2D eigenvalue weighted by atomic mass is 10.2. The summed E-state index contributed by atoms with van der Waals surface area (Å²) in [6.07, 6.45) is 0. The van der Waals surface area contributed by atoms with Crippen LogP contribution in [-0.2, 0) is 6.54 Å². The number of thioether (sulfide) groups is 1. The Bertz CT molecular complexity index is 389. The van der Waals surface area contributed by atoms with Gasteiger partial charge in [0.25, 0.3) is 0 Å². The van der Waals surface area contributed by atoms with Crippen LogP contribution in [0.1, 0.15) is 5.56 Å². The molecule has 0 spiro atoms. The second-order valence-electron chi connectivity index (χ2n) is 4.45. The van der Waals surface area contributed by atoms with Gasteiger partial charge in [0.05, 0.1) is 6.54 Å². The molecule has 0 saturated carbocycles. The quantitative estimate of drug-likeness (QED) is 0.626. The third kappa shape index (κ3) is 3.92. The highest BCUT2D eigenvalue weighted by molar-refractivity contribution is 7.99. The minimum atomic E-state index is 0.185. The van der Waals surface area contributed by atoms with Crippen molar-refractivity contribution in [3.63, 3.8) is 0 Å². The molecule has 5 heteroatoms. The number of rotatable bonds is 4. The number of hydrogen-bond acceptors (Lipinski definition) is 3. The third-order valence-electron chi connectivity index (χ3n) is 3.06. The lowest BCUT2D eigenvalue weighted by Crippen LogP contribution is -2.44. The predicted octanol–water partition coefficient (Wildman–Crippen LogP) is 0.877. The summed E-state index contributed by atoms with van der Waals surface area (Å²) in [5.41, 5.74) is 12.2. The van der Waals surface area contributed by atoms with Gasteiger partial charge in [0.2, 0.25) is 0 Å². The fourth-order valence-corrected chi connectivity index (χ4v) is 3.21. The van der Waals surface area contributed by atoms with Gasteiger partial charge in [-0.15, -0.1) is 0 Å². The average molecular weight is 264 g/mol. The monoisotopic (exact) mass is 264 g/mol. The van der Waals surface area contributed by atoms with Gasteiger partial charge in [-0.25, -0.2) is 0 Å². The molecule has 1 unspecified atom stereocenters. The van der Waals surface area contributed by atoms with Gasteiger partial charge < -0.3 is 11.5 Å². The highest BCUT2D eigenvalue weighted by Gasteiger charge is 2.22. The molecule has 0 radical (unpaired) electrons. The van der Waals surface area contributed by atoms with Gasteiger partial charge in [0.1, 0.15) is 0 Å². The molecule has 1 aromatic rings. The standard InChI is InChI=1S/C13H20N4S/c14-13(15)16-8-12-10-18-7-6-17(12)9-11-4-2-1-3-5-11/h1-5,12H,6-10H2,(H4,14,15,16). The van der Waals surface area contributed by atoms with E-state index in [9.17, 15) is 0 Å². The van der Waals surface area contributed by atoms with Crippen molar-refractivity contribution in [1.82, 2.24) is 4.90 Å². The van der Waals surface area contributed by atoms with Gasteiger partial charge in [-0.1, -0.05) is 30.3 Å². The van der Waals surface area contributed by atoms with E-state index in [1.165, 1.54) is 11.3 Å². The molecule has 98 valence electrons. The van der Waals surface area contributed by atoms with Gasteiger partial charge in [-0.05, 0) is 5.56 Å². The van der Waals surface area contributed by atoms with Crippen molar-refractivity contribution < 1.29 is 0 Å². The third-order valence-corrected chi connectivity index (χ3v) is 4.15. The van der Waals surface area contributed by atoms with E-state index >= 15 is 0 Å². The van der Waals surface area contributed by atoms with Gasteiger partial charge in [-0.3, -0.25) is 9.89 Å². The van der Waals surface area contributed by atoms with Gasteiger partial charge in [0, 0.05) is 30.6 Å². The maximum absolute atomic E-state index is 5.41. The molecule has 1 aliphatic heterocycles. The Hall–Kier alpha value is -1.20. The molecule has 4 nitrogen and oxygen atoms in total. The van der Waals surface area contributed by atoms with Crippen LogP contribution < -0.4 is 11.5 Å². The number of aliphatic imine (C=N–C) groups is 1. The van der Waals surface area contributed by atoms with E-state index in [-0.39, 0.29) is 5.96 Å². The number of nitrogens with two attached hydrogens (primary N) is 2. The molecule has 0 aliphatic carbocycles. The first-order valence-electron chi connectivity index (χ1n) is 6.17. The van der Waals surface area contributed by atoms with Crippen molar-refractivity contribution >= 4 is 17.7 Å². The van der Waals surface area contributed by atoms with E-state index in [0.717, 1.165) is 18.8 Å². The molecule has 0 aromatic heterocycles. The Morgan fingerprint density at radius 1 is 1.33 bits per heavy atom. The smallest absolute Gasteiger partial charge is 0.185 e. The summed E-state index contributed by atoms with van der Waals surface area (Å²) in [5, 5.41) is 0. The fraction of sp³-hybridized carbons (Fsp3) is 0.462. The Labute approximate surface area is 112 Å². The topological polar surface area (TPSA) is 67.6 Å². The molecular formula is C13H20N4S. The highest BCUT2D eigenvalue weighted by atomic mass is 32.2. The molecule has 1 aliphatic rings. The Kier molecular flexibility index (Phi) is 4.90. The number of benzene rings is 1. The average Bonchev–Trinajstić information content (AvgIpc) is 2.39. The van der Waals surface area contributed by atoms with Crippen LogP contribution in [0.5, 0.6) is 0 Å². The van der Waals surface area contributed by atoms with E-state index in [2.05, 4.69) is 34.2 Å². The zero-order chi connectivity index (χ0) is 12.8. The Morgan fingerprint density at radius 2 is 2.11 bits per heavy atom. The minimum absolute atomic E-state index is 0.185. The number of guanidine groups is 1. The van der Waals surface area contributed by atoms with Crippen LogP contribution in [0.25, 0.3) is 0 Å². The molecule has 1 fully saturated rings. The van der Waals surface area contributed by atoms with Crippen molar-refractivity contribution in [2.45, 2.75) is 12.6 Å². The molecule has 4 N–H and O–H groups in total. The second-order valence-corrected chi connectivity index (χ2v) is 5.60. The highest BCUT2D eigenvalue weighted by Crippen LogP contribution is 2.19. The van der Waals surface area contributed by atoms with Gasteiger partial charge in [0.15, 0.2) is 5.96 Å². The first-order chi connectivity index (χ1) is 8.75. The van der Waals surface area contributed by atoms with Crippen LogP contribution in [0.2, 0.25) is 0 Å². The molecule has 1 heterocycles. The largest absolute Gasteiger partial charge is 0.370 e. The zero-order valence-corrected chi connectivity index (χ0v) is 11.3. The van der Waals surface area contributed by atoms with Gasteiger partial charge >= 0.3 is 0 Å². The summed E-state index contributed by atoms with van der Waals surface area (Å²) in [5.74, 6) is 2.47. The summed E-state index contributed by atoms with van der Waals surface area (Å²) in [7, 11) is 0. The molecule has 1 aromatic carbocycles. The maximum Gasteiger partial charge on any atom is 0.185 e. The van der Waals surface area contributed by atoms with Crippen LogP contribution in [0, 0.1) is 0 Å². The molecular weight excluding hydrogens is 244 g/mol. The van der Waals surface area contributed by atoms with Crippen LogP contribution in [-0.4, -0.2) is 41.5 Å². The summed E-state index contributed by atoms with van der Waals surface area (Å²) in [4.78, 5) is 6.63. The van der Waals surface area contributed by atoms with E-state index in [1.807, 2.05) is 17.8 Å². The summed E-state index contributed by atoms with van der Waals surface area (Å²) >= 11 is 1.98. The van der Waals surface area contributed by atoms with Crippen molar-refractivity contribution in [3.8, 4) is 0 Å². The molecule has 2 rings (SSSR count). The van der Waals surface area contributed by atoms with Crippen molar-refractivity contribution in [3.05, 3.63) is 35.9 Å². The number of nitrogens with zero attached hydrogens (tertiary/aromatic N) is 2. The number of hydrogen-bond donors (Lipinski definition) is 2. The minimum Gasteiger partial charge on any atom is -0.370 e. The Balaban J connectivity index is 1.97. The van der Waals surface area contributed by atoms with Gasteiger partial charge in [-0.2, -0.15) is 11.8 Å². The van der Waals surface area contributed by atoms with E-state index in [0.29, 0.717) is 12.6 Å². The predicted molar refractivity (Wildman–Crippen MR) is 78.6 cm³/mol. The zero-order valence-electron chi connectivity index (χ0n) is 10.5. The summed E-state index contributed by atoms with van der Waals surface area (Å²) < 4.78 is 0. The molecule has 1 saturated heterocycles. The lowest BCUT2D eigenvalue weighted by molar-refractivity contribution is 0.215. The fourth-order valence-electron chi connectivity index (χ4n) is 2.09. The molecule has 0 amide bonds. The summed E-state index contributed by atoms with van der Waals surface area (Å²) in [6.45, 7) is 2.78. The van der Waals surface area contributed by atoms with Crippen molar-refractivity contribution in [2.75, 3.05) is 24.6 Å². The molecule has 1 atom stereocenters. The second kappa shape index (κ2) is 6.66. The molecule has 18 heavy (non-hydrogen) atoms. The van der Waals surface area contributed by atoms with Crippen LogP contribution in [0.15, 0.2) is 35.3 Å². The van der Waals surface area contributed by atoms with Crippen LogP contribution >= 0.6 is 11.8 Å². The van der Waals surface area contributed by atoms with E-state index < -0.39 is 0 Å². The maximum atomic E-state index is 5.41.